The Morgan fingerprint density at radius 2 is 1.73 bits per heavy atom. The summed E-state index contributed by atoms with van der Waals surface area (Å²) in [5.74, 6) is -2.00. The van der Waals surface area contributed by atoms with E-state index in [1.54, 1.807) is 18.2 Å². The van der Waals surface area contributed by atoms with Crippen LogP contribution in [0, 0.1) is 11.7 Å². The topological polar surface area (TPSA) is 95.6 Å². The molecule has 1 saturated carbocycles. The van der Waals surface area contributed by atoms with Crippen molar-refractivity contribution in [1.82, 2.24) is 15.2 Å². The highest BCUT2D eigenvalue weighted by atomic mass is 32.2. The van der Waals surface area contributed by atoms with E-state index < -0.39 is 27.8 Å². The van der Waals surface area contributed by atoms with Crippen molar-refractivity contribution in [2.45, 2.75) is 30.1 Å². The summed E-state index contributed by atoms with van der Waals surface area (Å²) in [7, 11) is -3.64. The Labute approximate surface area is 174 Å². The molecule has 0 radical (unpaired) electrons. The zero-order chi connectivity index (χ0) is 21.3. The second-order valence-electron chi connectivity index (χ2n) is 7.55. The fourth-order valence-corrected chi connectivity index (χ4v) is 5.33. The van der Waals surface area contributed by atoms with Crippen molar-refractivity contribution in [2.24, 2.45) is 5.92 Å². The highest BCUT2D eigenvalue weighted by Crippen LogP contribution is 2.48. The number of hydrogen-bond donors (Lipinski definition) is 2. The maximum atomic E-state index is 13.8. The lowest BCUT2D eigenvalue weighted by molar-refractivity contribution is -0.123. The van der Waals surface area contributed by atoms with Crippen LogP contribution in [0.3, 0.4) is 0 Å². The fourth-order valence-electron chi connectivity index (χ4n) is 3.76. The lowest BCUT2D eigenvalue weighted by Gasteiger charge is -2.16. The minimum absolute atomic E-state index is 0.0465. The van der Waals surface area contributed by atoms with Crippen molar-refractivity contribution in [2.75, 3.05) is 13.1 Å². The van der Waals surface area contributed by atoms with Crippen LogP contribution in [0.1, 0.15) is 41.1 Å². The number of carbonyl (C=O) groups is 2. The summed E-state index contributed by atoms with van der Waals surface area (Å²) in [5, 5.41) is 0. The van der Waals surface area contributed by atoms with Crippen LogP contribution >= 0.6 is 0 Å². The number of sulfonamides is 1. The molecule has 2 unspecified atom stereocenters. The molecule has 0 bridgehead atoms. The van der Waals surface area contributed by atoms with Crippen molar-refractivity contribution in [3.8, 4) is 0 Å². The zero-order valence-electron chi connectivity index (χ0n) is 16.2. The molecule has 0 aromatic heterocycles. The van der Waals surface area contributed by atoms with E-state index in [9.17, 15) is 22.4 Å². The molecule has 2 N–H and O–H groups in total. The van der Waals surface area contributed by atoms with Gasteiger partial charge < -0.3 is 0 Å². The average Bonchev–Trinajstić information content (AvgIpc) is 3.33. The summed E-state index contributed by atoms with van der Waals surface area (Å²) in [4.78, 5) is 24.7. The third-order valence-electron chi connectivity index (χ3n) is 5.53. The molecule has 1 aliphatic heterocycles. The first-order chi connectivity index (χ1) is 14.4. The van der Waals surface area contributed by atoms with Gasteiger partial charge in [-0.05, 0) is 55.0 Å². The van der Waals surface area contributed by atoms with Crippen LogP contribution < -0.4 is 10.9 Å². The van der Waals surface area contributed by atoms with Gasteiger partial charge in [0.2, 0.25) is 15.9 Å². The molecule has 2 amide bonds. The van der Waals surface area contributed by atoms with Crippen molar-refractivity contribution >= 4 is 21.8 Å². The van der Waals surface area contributed by atoms with E-state index in [2.05, 4.69) is 10.9 Å². The number of nitrogens with zero attached hydrogens (tertiary/aromatic N) is 1. The summed E-state index contributed by atoms with van der Waals surface area (Å²) >= 11 is 0. The summed E-state index contributed by atoms with van der Waals surface area (Å²) in [6.07, 6.45) is 2.15. The van der Waals surface area contributed by atoms with E-state index in [0.717, 1.165) is 12.8 Å². The minimum Gasteiger partial charge on any atom is -0.273 e. The highest BCUT2D eigenvalue weighted by molar-refractivity contribution is 7.89. The molecule has 2 aliphatic rings. The summed E-state index contributed by atoms with van der Waals surface area (Å²) in [5.41, 5.74) is 5.28. The number of hydrazine groups is 1. The average molecular weight is 431 g/mol. The van der Waals surface area contributed by atoms with Crippen molar-refractivity contribution < 1.29 is 22.4 Å². The smallest absolute Gasteiger partial charge is 0.269 e. The Balaban J connectivity index is 1.37. The Morgan fingerprint density at radius 3 is 2.47 bits per heavy atom. The highest BCUT2D eigenvalue weighted by Gasteiger charge is 2.45. The Morgan fingerprint density at radius 1 is 1.00 bits per heavy atom. The number of amides is 2. The molecule has 2 fully saturated rings. The number of hydrogen-bond acceptors (Lipinski definition) is 4. The third kappa shape index (κ3) is 4.08. The van der Waals surface area contributed by atoms with Crippen LogP contribution in [0.5, 0.6) is 0 Å². The molecule has 158 valence electrons. The first-order valence-corrected chi connectivity index (χ1v) is 11.3. The largest absolute Gasteiger partial charge is 0.273 e. The Kier molecular flexibility index (Phi) is 5.57. The van der Waals surface area contributed by atoms with Crippen LogP contribution in [0.2, 0.25) is 0 Å². The van der Waals surface area contributed by atoms with Crippen molar-refractivity contribution in [3.05, 3.63) is 65.5 Å². The monoisotopic (exact) mass is 431 g/mol. The van der Waals surface area contributed by atoms with Gasteiger partial charge in [-0.15, -0.1) is 0 Å². The van der Waals surface area contributed by atoms with Gasteiger partial charge in [0, 0.05) is 24.6 Å². The first kappa shape index (κ1) is 20.5. The van der Waals surface area contributed by atoms with Gasteiger partial charge >= 0.3 is 0 Å². The molecule has 7 nitrogen and oxygen atoms in total. The molecule has 2 aromatic carbocycles. The van der Waals surface area contributed by atoms with Crippen LogP contribution in [0.25, 0.3) is 0 Å². The molecule has 30 heavy (non-hydrogen) atoms. The Bertz CT molecular complexity index is 1080. The van der Waals surface area contributed by atoms with Gasteiger partial charge in [0.05, 0.1) is 4.90 Å². The van der Waals surface area contributed by atoms with Crippen LogP contribution in [0.4, 0.5) is 4.39 Å². The second kappa shape index (κ2) is 8.16. The summed E-state index contributed by atoms with van der Waals surface area (Å²) < 4.78 is 40.6. The standard InChI is InChI=1S/C21H22FN3O4S/c22-19-9-2-1-8-16(19)17-13-18(17)21(27)24-23-20(26)14-6-5-7-15(12-14)30(28,29)25-10-3-4-11-25/h1-2,5-9,12,17-18H,3-4,10-11,13H2,(H,23,26)(H,24,27). The van der Waals surface area contributed by atoms with Crippen LogP contribution in [-0.2, 0) is 14.8 Å². The van der Waals surface area contributed by atoms with Gasteiger partial charge in [-0.1, -0.05) is 24.3 Å². The van der Waals surface area contributed by atoms with Gasteiger partial charge in [-0.25, -0.2) is 12.8 Å². The zero-order valence-corrected chi connectivity index (χ0v) is 17.0. The molecule has 2 atom stereocenters. The van der Waals surface area contributed by atoms with Crippen molar-refractivity contribution in [1.29, 1.82) is 0 Å². The molecule has 2 aromatic rings. The van der Waals surface area contributed by atoms with Crippen molar-refractivity contribution in [3.63, 3.8) is 0 Å². The van der Waals surface area contributed by atoms with E-state index in [1.165, 1.54) is 34.6 Å². The van der Waals surface area contributed by atoms with Gasteiger partial charge in [0.1, 0.15) is 5.82 Å². The fraction of sp³-hybridized carbons (Fsp3) is 0.333. The Hall–Kier alpha value is -2.78. The maximum Gasteiger partial charge on any atom is 0.269 e. The SMILES string of the molecule is O=C(NNC(=O)C1CC1c1ccccc1F)c1cccc(S(=O)(=O)N2CCCC2)c1. The number of nitrogens with one attached hydrogen (secondary N) is 2. The molecule has 1 aliphatic carbocycles. The van der Waals surface area contributed by atoms with Crippen LogP contribution in [-0.4, -0.2) is 37.6 Å². The predicted octanol–water partition coefficient (Wildman–Crippen LogP) is 2.17. The molecule has 9 heteroatoms. The lowest BCUT2D eigenvalue weighted by atomic mass is 10.1. The molecule has 1 saturated heterocycles. The van der Waals surface area contributed by atoms with Gasteiger partial charge in [-0.2, -0.15) is 4.31 Å². The van der Waals surface area contributed by atoms with Crippen LogP contribution in [0.15, 0.2) is 53.4 Å². The third-order valence-corrected chi connectivity index (χ3v) is 7.42. The van der Waals surface area contributed by atoms with E-state index in [1.807, 2.05) is 0 Å². The molecule has 1 heterocycles. The lowest BCUT2D eigenvalue weighted by Crippen LogP contribution is -2.42. The molecular formula is C21H22FN3O4S. The molecule has 4 rings (SSSR count). The van der Waals surface area contributed by atoms with Gasteiger partial charge in [0.15, 0.2) is 0 Å². The first-order valence-electron chi connectivity index (χ1n) is 9.83. The second-order valence-corrected chi connectivity index (χ2v) is 9.49. The quantitative estimate of drug-likeness (QED) is 0.710. The van der Waals surface area contributed by atoms with E-state index in [4.69, 9.17) is 0 Å². The predicted molar refractivity (Wildman–Crippen MR) is 107 cm³/mol. The number of halogens is 1. The summed E-state index contributed by atoms with van der Waals surface area (Å²) in [6, 6.07) is 12.0. The van der Waals surface area contributed by atoms with Gasteiger partial charge in [-0.3, -0.25) is 20.4 Å². The number of carbonyl (C=O) groups excluding carboxylic acids is 2. The van der Waals surface area contributed by atoms with E-state index >= 15 is 0 Å². The maximum absolute atomic E-state index is 13.8. The number of rotatable bonds is 5. The molecular weight excluding hydrogens is 409 g/mol. The number of benzene rings is 2. The summed E-state index contributed by atoms with van der Waals surface area (Å²) in [6.45, 7) is 0.943. The van der Waals surface area contributed by atoms with E-state index in [-0.39, 0.29) is 22.2 Å². The van der Waals surface area contributed by atoms with E-state index in [0.29, 0.717) is 25.1 Å². The van der Waals surface area contributed by atoms with Gasteiger partial charge in [0.25, 0.3) is 5.91 Å². The minimum atomic E-state index is -3.64. The normalized spacial score (nSPS) is 21.2. The molecule has 0 spiro atoms.